The van der Waals surface area contributed by atoms with E-state index in [2.05, 4.69) is 17.1 Å². The van der Waals surface area contributed by atoms with Crippen molar-refractivity contribution in [3.8, 4) is 0 Å². The van der Waals surface area contributed by atoms with Crippen LogP contribution in [0.1, 0.15) is 20.3 Å². The molecule has 0 spiro atoms. The average Bonchev–Trinajstić information content (AvgIpc) is 2.37. The van der Waals surface area contributed by atoms with E-state index in [1.165, 1.54) is 14.0 Å². The van der Waals surface area contributed by atoms with Crippen LogP contribution in [0.2, 0.25) is 0 Å². The molecule has 0 aliphatic carbocycles. The third-order valence-corrected chi connectivity index (χ3v) is 3.10. The maximum Gasteiger partial charge on any atom is 0.329 e. The Labute approximate surface area is 108 Å². The number of rotatable bonds is 5. The number of methoxy groups -OCH3 is 1. The fourth-order valence-electron chi connectivity index (χ4n) is 2.11. The molecule has 0 aromatic rings. The molecule has 1 N–H and O–H groups in total. The lowest BCUT2D eigenvalue weighted by Gasteiger charge is -2.36. The summed E-state index contributed by atoms with van der Waals surface area (Å²) in [4.78, 5) is 24.9. The maximum atomic E-state index is 11.6. The molecule has 1 aliphatic rings. The van der Waals surface area contributed by atoms with E-state index in [-0.39, 0.29) is 5.91 Å². The predicted molar refractivity (Wildman–Crippen MR) is 66.1 cm³/mol. The molecule has 1 amide bonds. The Bertz CT molecular complexity index is 296. The van der Waals surface area contributed by atoms with Crippen molar-refractivity contribution in [2.75, 3.05) is 33.4 Å². The molecule has 2 atom stereocenters. The van der Waals surface area contributed by atoms with Crippen LogP contribution in [-0.4, -0.2) is 62.3 Å². The van der Waals surface area contributed by atoms with Gasteiger partial charge >= 0.3 is 5.97 Å². The number of amides is 1. The van der Waals surface area contributed by atoms with Gasteiger partial charge in [-0.05, 0) is 6.42 Å². The number of hydrogen-bond acceptors (Lipinski definition) is 5. The molecule has 18 heavy (non-hydrogen) atoms. The lowest BCUT2D eigenvalue weighted by Crippen LogP contribution is -2.54. The minimum absolute atomic E-state index is 0.230. The minimum atomic E-state index is -0.611. The van der Waals surface area contributed by atoms with E-state index < -0.39 is 12.0 Å². The molecule has 0 aromatic carbocycles. The molecule has 1 heterocycles. The highest BCUT2D eigenvalue weighted by atomic mass is 16.5. The lowest BCUT2D eigenvalue weighted by atomic mass is 10.1. The van der Waals surface area contributed by atoms with Gasteiger partial charge in [0.1, 0.15) is 6.04 Å². The van der Waals surface area contributed by atoms with Crippen LogP contribution in [0.25, 0.3) is 0 Å². The number of nitrogens with zero attached hydrogens (tertiary/aromatic N) is 1. The van der Waals surface area contributed by atoms with Gasteiger partial charge in [-0.2, -0.15) is 0 Å². The Hall–Kier alpha value is -1.14. The van der Waals surface area contributed by atoms with E-state index in [4.69, 9.17) is 9.47 Å². The van der Waals surface area contributed by atoms with Gasteiger partial charge in [-0.25, -0.2) is 4.79 Å². The molecule has 1 fully saturated rings. The SMILES string of the molecule is CCC1COCCN1CC(NC(C)=O)C(=O)OC. The van der Waals surface area contributed by atoms with Gasteiger partial charge in [0.05, 0.1) is 20.3 Å². The van der Waals surface area contributed by atoms with Crippen LogP contribution in [0, 0.1) is 0 Å². The molecule has 1 saturated heterocycles. The fourth-order valence-corrected chi connectivity index (χ4v) is 2.11. The number of esters is 1. The smallest absolute Gasteiger partial charge is 0.329 e. The Morgan fingerprint density at radius 2 is 2.28 bits per heavy atom. The van der Waals surface area contributed by atoms with Crippen LogP contribution in [-0.2, 0) is 19.1 Å². The molecule has 2 unspecified atom stereocenters. The standard InChI is InChI=1S/C12H22N2O4/c1-4-10-8-18-6-5-14(10)7-11(12(16)17-3)13-9(2)15/h10-11H,4-8H2,1-3H3,(H,13,15). The first-order chi connectivity index (χ1) is 8.58. The van der Waals surface area contributed by atoms with Crippen molar-refractivity contribution in [1.82, 2.24) is 10.2 Å². The molecule has 0 saturated carbocycles. The highest BCUT2D eigenvalue weighted by Crippen LogP contribution is 2.11. The second-order valence-corrected chi connectivity index (χ2v) is 4.41. The summed E-state index contributed by atoms with van der Waals surface area (Å²) >= 11 is 0. The molecule has 1 aliphatic heterocycles. The van der Waals surface area contributed by atoms with Crippen molar-refractivity contribution in [3.63, 3.8) is 0 Å². The van der Waals surface area contributed by atoms with E-state index in [1.807, 2.05) is 0 Å². The second kappa shape index (κ2) is 7.33. The van der Waals surface area contributed by atoms with Crippen molar-refractivity contribution in [1.29, 1.82) is 0 Å². The molecule has 6 nitrogen and oxygen atoms in total. The van der Waals surface area contributed by atoms with Crippen LogP contribution >= 0.6 is 0 Å². The van der Waals surface area contributed by atoms with Crippen LogP contribution < -0.4 is 5.32 Å². The summed E-state index contributed by atoms with van der Waals surface area (Å²) in [6.07, 6.45) is 0.952. The summed E-state index contributed by atoms with van der Waals surface area (Å²) in [5.74, 6) is -0.641. The first kappa shape index (κ1) is 14.9. The summed E-state index contributed by atoms with van der Waals surface area (Å²) < 4.78 is 10.1. The van der Waals surface area contributed by atoms with Gasteiger partial charge in [0.2, 0.25) is 5.91 Å². The van der Waals surface area contributed by atoms with Gasteiger partial charge in [-0.3, -0.25) is 9.69 Å². The monoisotopic (exact) mass is 258 g/mol. The highest BCUT2D eigenvalue weighted by molar-refractivity contribution is 5.83. The minimum Gasteiger partial charge on any atom is -0.467 e. The summed E-state index contributed by atoms with van der Waals surface area (Å²) in [5.41, 5.74) is 0. The Morgan fingerprint density at radius 3 is 2.83 bits per heavy atom. The zero-order chi connectivity index (χ0) is 13.5. The number of morpholine rings is 1. The van der Waals surface area contributed by atoms with Crippen LogP contribution in [0.3, 0.4) is 0 Å². The predicted octanol–water partition coefficient (Wildman–Crippen LogP) is -0.225. The Balaban J connectivity index is 2.62. The number of ether oxygens (including phenoxy) is 2. The molecule has 6 heteroatoms. The fraction of sp³-hybridized carbons (Fsp3) is 0.833. The molecular weight excluding hydrogens is 236 g/mol. The van der Waals surface area contributed by atoms with Crippen LogP contribution in [0.4, 0.5) is 0 Å². The number of carbonyl (C=O) groups excluding carboxylic acids is 2. The highest BCUT2D eigenvalue weighted by Gasteiger charge is 2.28. The van der Waals surface area contributed by atoms with E-state index in [1.54, 1.807) is 0 Å². The van der Waals surface area contributed by atoms with E-state index in [0.717, 1.165) is 13.0 Å². The number of carbonyl (C=O) groups is 2. The zero-order valence-corrected chi connectivity index (χ0v) is 11.3. The van der Waals surface area contributed by atoms with Crippen molar-refractivity contribution in [3.05, 3.63) is 0 Å². The van der Waals surface area contributed by atoms with Gasteiger partial charge in [0, 0.05) is 26.1 Å². The first-order valence-electron chi connectivity index (χ1n) is 6.25. The number of hydrogen-bond donors (Lipinski definition) is 1. The van der Waals surface area contributed by atoms with Gasteiger partial charge in [0.25, 0.3) is 0 Å². The number of nitrogens with one attached hydrogen (secondary N) is 1. The normalized spacial score (nSPS) is 22.3. The Kier molecular flexibility index (Phi) is 6.07. The molecule has 0 aromatic heterocycles. The largest absolute Gasteiger partial charge is 0.467 e. The van der Waals surface area contributed by atoms with Gasteiger partial charge in [0.15, 0.2) is 0 Å². The van der Waals surface area contributed by atoms with Crippen molar-refractivity contribution >= 4 is 11.9 Å². The van der Waals surface area contributed by atoms with E-state index >= 15 is 0 Å². The van der Waals surface area contributed by atoms with Crippen molar-refractivity contribution in [2.45, 2.75) is 32.4 Å². The van der Waals surface area contributed by atoms with Crippen molar-refractivity contribution in [2.24, 2.45) is 0 Å². The van der Waals surface area contributed by atoms with E-state index in [9.17, 15) is 9.59 Å². The Morgan fingerprint density at radius 1 is 1.56 bits per heavy atom. The topological polar surface area (TPSA) is 67.9 Å². The zero-order valence-electron chi connectivity index (χ0n) is 11.3. The van der Waals surface area contributed by atoms with E-state index in [0.29, 0.717) is 25.8 Å². The summed E-state index contributed by atoms with van der Waals surface area (Å²) in [5, 5.41) is 2.63. The summed E-state index contributed by atoms with van der Waals surface area (Å²) in [6.45, 7) is 6.04. The third kappa shape index (κ3) is 4.27. The van der Waals surface area contributed by atoms with Gasteiger partial charge in [-0.15, -0.1) is 0 Å². The van der Waals surface area contributed by atoms with Crippen molar-refractivity contribution < 1.29 is 19.1 Å². The van der Waals surface area contributed by atoms with Gasteiger partial charge < -0.3 is 14.8 Å². The maximum absolute atomic E-state index is 11.6. The molecule has 0 radical (unpaired) electrons. The lowest BCUT2D eigenvalue weighted by molar-refractivity contribution is -0.146. The molecule has 0 bridgehead atoms. The summed E-state index contributed by atoms with van der Waals surface area (Å²) in [6, 6.07) is -0.320. The quantitative estimate of drug-likeness (QED) is 0.690. The molecule has 104 valence electrons. The van der Waals surface area contributed by atoms with Gasteiger partial charge in [-0.1, -0.05) is 6.92 Å². The average molecular weight is 258 g/mol. The van der Waals surface area contributed by atoms with Crippen LogP contribution in [0.5, 0.6) is 0 Å². The first-order valence-corrected chi connectivity index (χ1v) is 6.25. The molecular formula is C12H22N2O4. The summed E-state index contributed by atoms with van der Waals surface area (Å²) in [7, 11) is 1.33. The molecule has 1 rings (SSSR count). The third-order valence-electron chi connectivity index (χ3n) is 3.10. The second-order valence-electron chi connectivity index (χ2n) is 4.41. The van der Waals surface area contributed by atoms with Crippen LogP contribution in [0.15, 0.2) is 0 Å².